The van der Waals surface area contributed by atoms with Crippen LogP contribution in [-0.2, 0) is 9.53 Å². The molecular weight excluding hydrogens is 266 g/mol. The van der Waals surface area contributed by atoms with Gasteiger partial charge in [0.1, 0.15) is 0 Å². The summed E-state index contributed by atoms with van der Waals surface area (Å²) in [6, 6.07) is 0. The maximum absolute atomic E-state index is 12.1. The second-order valence-electron chi connectivity index (χ2n) is 7.97. The van der Waals surface area contributed by atoms with Crippen LogP contribution in [0.2, 0.25) is 0 Å². The first kappa shape index (κ1) is 16.8. The Morgan fingerprint density at radius 1 is 1.19 bits per heavy atom. The van der Waals surface area contributed by atoms with Gasteiger partial charge in [-0.3, -0.25) is 4.79 Å². The molecule has 0 aromatic carbocycles. The van der Waals surface area contributed by atoms with Gasteiger partial charge in [0.25, 0.3) is 0 Å². The topological polar surface area (TPSA) is 58.6 Å². The molecule has 2 fully saturated rings. The predicted molar refractivity (Wildman–Crippen MR) is 82.9 cm³/mol. The van der Waals surface area contributed by atoms with Gasteiger partial charge in [0.15, 0.2) is 0 Å². The molecule has 0 unspecified atom stereocenters. The number of hydrogen-bond acceptors (Lipinski definition) is 3. The number of ether oxygens (including phenoxy) is 1. The van der Waals surface area contributed by atoms with E-state index in [0.717, 1.165) is 38.5 Å². The summed E-state index contributed by atoms with van der Waals surface area (Å²) in [5, 5.41) is 13.6. The van der Waals surface area contributed by atoms with Gasteiger partial charge in [-0.05, 0) is 49.9 Å². The van der Waals surface area contributed by atoms with Crippen molar-refractivity contribution >= 4 is 5.91 Å². The number of hydrogen-bond donors (Lipinski definition) is 2. The lowest BCUT2D eigenvalue weighted by molar-refractivity contribution is -0.129. The first-order valence-electron chi connectivity index (χ1n) is 8.38. The van der Waals surface area contributed by atoms with Crippen molar-refractivity contribution in [2.24, 2.45) is 17.3 Å². The molecule has 0 aromatic heterocycles. The molecule has 1 saturated carbocycles. The molecule has 1 heterocycles. The lowest BCUT2D eigenvalue weighted by atomic mass is 9.68. The minimum atomic E-state index is -0.706. The van der Waals surface area contributed by atoms with Gasteiger partial charge < -0.3 is 15.2 Å². The highest BCUT2D eigenvalue weighted by molar-refractivity contribution is 5.78. The standard InChI is InChI=1S/C17H31NO3/c1-16(2,3)14-4-8-17(20,9-5-14)12-18-15(19)13-6-10-21-11-7-13/h13-14,20H,4-12H2,1-3H3,(H,18,19). The first-order valence-corrected chi connectivity index (χ1v) is 8.38. The molecule has 1 aliphatic carbocycles. The van der Waals surface area contributed by atoms with E-state index in [2.05, 4.69) is 26.1 Å². The summed E-state index contributed by atoms with van der Waals surface area (Å²) in [6.07, 6.45) is 5.29. The minimum Gasteiger partial charge on any atom is -0.388 e. The molecule has 122 valence electrons. The summed E-state index contributed by atoms with van der Waals surface area (Å²) in [4.78, 5) is 12.1. The van der Waals surface area contributed by atoms with Crippen LogP contribution in [0.3, 0.4) is 0 Å². The van der Waals surface area contributed by atoms with Crippen LogP contribution in [0, 0.1) is 17.3 Å². The maximum atomic E-state index is 12.1. The van der Waals surface area contributed by atoms with Gasteiger partial charge in [-0.15, -0.1) is 0 Å². The van der Waals surface area contributed by atoms with Gasteiger partial charge in [0, 0.05) is 25.7 Å². The van der Waals surface area contributed by atoms with Crippen molar-refractivity contribution in [3.63, 3.8) is 0 Å². The lowest BCUT2D eigenvalue weighted by Crippen LogP contribution is -2.48. The Bertz CT molecular complexity index is 348. The van der Waals surface area contributed by atoms with Gasteiger partial charge in [-0.1, -0.05) is 20.8 Å². The van der Waals surface area contributed by atoms with Gasteiger partial charge in [0.2, 0.25) is 5.91 Å². The van der Waals surface area contributed by atoms with Crippen LogP contribution in [0.25, 0.3) is 0 Å². The van der Waals surface area contributed by atoms with E-state index < -0.39 is 5.60 Å². The highest BCUT2D eigenvalue weighted by atomic mass is 16.5. The quantitative estimate of drug-likeness (QED) is 0.841. The number of nitrogens with one attached hydrogen (secondary N) is 1. The maximum Gasteiger partial charge on any atom is 0.223 e. The van der Waals surface area contributed by atoms with Crippen molar-refractivity contribution in [3.8, 4) is 0 Å². The largest absolute Gasteiger partial charge is 0.388 e. The summed E-state index contributed by atoms with van der Waals surface area (Å²) in [5.74, 6) is 0.821. The molecule has 1 amide bonds. The lowest BCUT2D eigenvalue weighted by Gasteiger charge is -2.41. The molecule has 2 rings (SSSR count). The molecule has 1 saturated heterocycles. The zero-order valence-electron chi connectivity index (χ0n) is 13.8. The highest BCUT2D eigenvalue weighted by Gasteiger charge is 2.37. The van der Waals surface area contributed by atoms with E-state index in [9.17, 15) is 9.90 Å². The van der Waals surface area contributed by atoms with Gasteiger partial charge in [-0.2, -0.15) is 0 Å². The van der Waals surface area contributed by atoms with Crippen LogP contribution >= 0.6 is 0 Å². The zero-order chi connectivity index (χ0) is 15.5. The monoisotopic (exact) mass is 297 g/mol. The Morgan fingerprint density at radius 2 is 1.76 bits per heavy atom. The summed E-state index contributed by atoms with van der Waals surface area (Å²) in [6.45, 7) is 8.57. The van der Waals surface area contributed by atoms with Crippen molar-refractivity contribution in [1.82, 2.24) is 5.32 Å². The third kappa shape index (κ3) is 4.68. The summed E-state index contributed by atoms with van der Waals surface area (Å²) < 4.78 is 5.28. The molecule has 0 aromatic rings. The highest BCUT2D eigenvalue weighted by Crippen LogP contribution is 2.41. The third-order valence-corrected chi connectivity index (χ3v) is 5.32. The van der Waals surface area contributed by atoms with Crippen molar-refractivity contribution < 1.29 is 14.6 Å². The van der Waals surface area contributed by atoms with E-state index in [1.54, 1.807) is 0 Å². The molecule has 2 aliphatic rings. The average molecular weight is 297 g/mol. The Morgan fingerprint density at radius 3 is 2.29 bits per heavy atom. The van der Waals surface area contributed by atoms with Gasteiger partial charge in [-0.25, -0.2) is 0 Å². The molecule has 4 nitrogen and oxygen atoms in total. The van der Waals surface area contributed by atoms with Gasteiger partial charge in [0.05, 0.1) is 5.60 Å². The fraction of sp³-hybridized carbons (Fsp3) is 0.941. The van der Waals surface area contributed by atoms with Crippen LogP contribution in [0.1, 0.15) is 59.3 Å². The van der Waals surface area contributed by atoms with Crippen LogP contribution in [0.4, 0.5) is 0 Å². The molecule has 0 atom stereocenters. The van der Waals surface area contributed by atoms with Crippen molar-refractivity contribution in [2.75, 3.05) is 19.8 Å². The first-order chi connectivity index (χ1) is 9.80. The fourth-order valence-electron chi connectivity index (χ4n) is 3.55. The van der Waals surface area contributed by atoms with Crippen molar-refractivity contribution in [1.29, 1.82) is 0 Å². The van der Waals surface area contributed by atoms with E-state index in [1.807, 2.05) is 0 Å². The summed E-state index contributed by atoms with van der Waals surface area (Å²) >= 11 is 0. The van der Waals surface area contributed by atoms with E-state index in [-0.39, 0.29) is 11.8 Å². The SMILES string of the molecule is CC(C)(C)C1CCC(O)(CNC(=O)C2CCOCC2)CC1. The Labute approximate surface area is 128 Å². The molecular formula is C17H31NO3. The molecule has 1 aliphatic heterocycles. The molecule has 0 bridgehead atoms. The second kappa shape index (κ2) is 6.66. The molecule has 21 heavy (non-hydrogen) atoms. The van der Waals surface area contributed by atoms with Crippen molar-refractivity contribution in [3.05, 3.63) is 0 Å². The Hall–Kier alpha value is -0.610. The van der Waals surface area contributed by atoms with Crippen molar-refractivity contribution in [2.45, 2.75) is 64.9 Å². The molecule has 0 spiro atoms. The number of carbonyl (C=O) groups excluding carboxylic acids is 1. The second-order valence-corrected chi connectivity index (χ2v) is 7.97. The third-order valence-electron chi connectivity index (χ3n) is 5.32. The average Bonchev–Trinajstić information content (AvgIpc) is 2.45. The predicted octanol–water partition coefficient (Wildman–Crippen LogP) is 2.50. The summed E-state index contributed by atoms with van der Waals surface area (Å²) in [7, 11) is 0. The van der Waals surface area contributed by atoms with E-state index in [0.29, 0.717) is 31.1 Å². The molecule has 2 N–H and O–H groups in total. The van der Waals surface area contributed by atoms with E-state index >= 15 is 0 Å². The smallest absolute Gasteiger partial charge is 0.223 e. The summed E-state index contributed by atoms with van der Waals surface area (Å²) in [5.41, 5.74) is -0.394. The Kier molecular flexibility index (Phi) is 5.31. The van der Waals surface area contributed by atoms with Crippen LogP contribution < -0.4 is 5.32 Å². The Balaban J connectivity index is 1.76. The number of amides is 1. The molecule has 0 radical (unpaired) electrons. The normalized spacial score (nSPS) is 31.9. The van der Waals surface area contributed by atoms with Crippen LogP contribution in [-0.4, -0.2) is 36.4 Å². The van der Waals surface area contributed by atoms with E-state index in [1.165, 1.54) is 0 Å². The number of carbonyl (C=O) groups is 1. The van der Waals surface area contributed by atoms with Crippen LogP contribution in [0.5, 0.6) is 0 Å². The fourth-order valence-corrected chi connectivity index (χ4v) is 3.55. The van der Waals surface area contributed by atoms with Crippen LogP contribution in [0.15, 0.2) is 0 Å². The minimum absolute atomic E-state index is 0.0632. The number of rotatable bonds is 3. The molecule has 4 heteroatoms. The van der Waals surface area contributed by atoms with Gasteiger partial charge >= 0.3 is 0 Å². The zero-order valence-corrected chi connectivity index (χ0v) is 13.8. The van der Waals surface area contributed by atoms with E-state index in [4.69, 9.17) is 4.74 Å². The number of aliphatic hydroxyl groups is 1.